The molecule has 1 aliphatic heterocycles. The molecule has 7 nitrogen and oxygen atoms in total. The molecule has 0 saturated carbocycles. The van der Waals surface area contributed by atoms with Crippen LogP contribution in [-0.2, 0) is 25.7 Å². The van der Waals surface area contributed by atoms with E-state index < -0.39 is 35.8 Å². The fraction of sp³-hybridized carbons (Fsp3) is 0.560. The first-order valence-electron chi connectivity index (χ1n) is 11.4. The molecule has 7 heteroatoms. The average molecular weight is 443 g/mol. The van der Waals surface area contributed by atoms with Gasteiger partial charge in [-0.3, -0.25) is 14.4 Å². The van der Waals surface area contributed by atoms with Crippen LogP contribution in [0.4, 0.5) is 0 Å². The van der Waals surface area contributed by atoms with Crippen molar-refractivity contribution in [1.82, 2.24) is 10.2 Å². The van der Waals surface area contributed by atoms with Crippen molar-refractivity contribution in [3.05, 3.63) is 48.0 Å². The Kier molecular flexibility index (Phi) is 7.72. The van der Waals surface area contributed by atoms with E-state index in [9.17, 15) is 19.5 Å². The van der Waals surface area contributed by atoms with Gasteiger partial charge in [-0.05, 0) is 24.3 Å². The van der Waals surface area contributed by atoms with E-state index in [1.165, 1.54) is 4.90 Å². The lowest BCUT2D eigenvalue weighted by Crippen LogP contribution is -2.53. The summed E-state index contributed by atoms with van der Waals surface area (Å²) >= 11 is 0. The summed E-state index contributed by atoms with van der Waals surface area (Å²) in [5.41, 5.74) is 0.952. The minimum Gasteiger partial charge on any atom is -0.466 e. The van der Waals surface area contributed by atoms with Gasteiger partial charge in [0, 0.05) is 12.5 Å². The fourth-order valence-corrected chi connectivity index (χ4v) is 5.00. The number of carbonyl (C=O) groups excluding carboxylic acids is 3. The molecule has 1 aliphatic carbocycles. The predicted molar refractivity (Wildman–Crippen MR) is 120 cm³/mol. The van der Waals surface area contributed by atoms with Crippen molar-refractivity contribution >= 4 is 17.8 Å². The summed E-state index contributed by atoms with van der Waals surface area (Å²) in [6.45, 7) is 7.76. The number of likely N-dealkylation sites (tertiary alicyclic amines) is 1. The van der Waals surface area contributed by atoms with Crippen LogP contribution < -0.4 is 5.32 Å². The van der Waals surface area contributed by atoms with Crippen molar-refractivity contribution in [3.8, 4) is 0 Å². The zero-order valence-corrected chi connectivity index (χ0v) is 19.2. The Morgan fingerprint density at radius 1 is 1.19 bits per heavy atom. The lowest BCUT2D eigenvalue weighted by molar-refractivity contribution is -0.156. The minimum atomic E-state index is -0.795. The molecule has 0 radical (unpaired) electrons. The standard InChI is InChI=1S/C25H34N2O5/c1-5-32-25(31)20-16(4)11-12-18-21(20)24(30)27(19(14-28)15(2)3)22(18)23(29)26-13-17-9-7-6-8-10-17/h6-12,15-16,18-22,28H,5,13-14H2,1-4H3,(H,26,29)/t16-,18+,19+,20-,21-,22+/m1/s1. The number of nitrogens with zero attached hydrogens (tertiary/aromatic N) is 1. The van der Waals surface area contributed by atoms with Gasteiger partial charge in [0.25, 0.3) is 0 Å². The highest BCUT2D eigenvalue weighted by Gasteiger charge is 2.58. The van der Waals surface area contributed by atoms with Crippen LogP contribution in [-0.4, -0.2) is 53.1 Å². The first-order valence-corrected chi connectivity index (χ1v) is 11.4. The second-order valence-electron chi connectivity index (χ2n) is 9.01. The molecule has 1 fully saturated rings. The van der Waals surface area contributed by atoms with Crippen molar-refractivity contribution < 1.29 is 24.2 Å². The van der Waals surface area contributed by atoms with Crippen LogP contribution in [0.15, 0.2) is 42.5 Å². The lowest BCUT2D eigenvalue weighted by atomic mass is 9.70. The van der Waals surface area contributed by atoms with Crippen LogP contribution in [0.5, 0.6) is 0 Å². The molecule has 2 aliphatic rings. The van der Waals surface area contributed by atoms with Gasteiger partial charge in [-0.1, -0.05) is 63.3 Å². The SMILES string of the molecule is CCOC(=O)[C@H]1[C@@H]2C(=O)N([C@@H](CO)C(C)C)[C@H](C(=O)NCc3ccccc3)[C@H]2C=C[C@H]1C. The Morgan fingerprint density at radius 3 is 2.47 bits per heavy atom. The van der Waals surface area contributed by atoms with E-state index in [2.05, 4.69) is 5.32 Å². The number of carbonyl (C=O) groups is 3. The van der Waals surface area contributed by atoms with Crippen molar-refractivity contribution in [2.45, 2.75) is 46.3 Å². The molecule has 1 saturated heterocycles. The van der Waals surface area contributed by atoms with E-state index in [0.717, 1.165) is 5.56 Å². The highest BCUT2D eigenvalue weighted by Crippen LogP contribution is 2.45. The number of amides is 2. The van der Waals surface area contributed by atoms with Crippen molar-refractivity contribution in [2.75, 3.05) is 13.2 Å². The molecule has 0 spiro atoms. The van der Waals surface area contributed by atoms with E-state index in [0.29, 0.717) is 6.54 Å². The van der Waals surface area contributed by atoms with Crippen LogP contribution in [0.2, 0.25) is 0 Å². The van der Waals surface area contributed by atoms with Crippen LogP contribution in [0.3, 0.4) is 0 Å². The number of fused-ring (bicyclic) bond motifs is 1. The van der Waals surface area contributed by atoms with E-state index in [-0.39, 0.29) is 36.9 Å². The average Bonchev–Trinajstić information content (AvgIpc) is 3.05. The van der Waals surface area contributed by atoms with Crippen molar-refractivity contribution in [2.24, 2.45) is 29.6 Å². The molecule has 2 N–H and O–H groups in total. The Balaban J connectivity index is 1.96. The number of aliphatic hydroxyl groups excluding tert-OH is 1. The highest BCUT2D eigenvalue weighted by atomic mass is 16.5. The number of allylic oxidation sites excluding steroid dienone is 1. The molecular weight excluding hydrogens is 408 g/mol. The summed E-state index contributed by atoms with van der Waals surface area (Å²) in [6, 6.07) is 8.24. The van der Waals surface area contributed by atoms with Crippen LogP contribution in [0.25, 0.3) is 0 Å². The third-order valence-electron chi connectivity index (χ3n) is 6.66. The maximum absolute atomic E-state index is 13.7. The van der Waals surface area contributed by atoms with E-state index in [1.807, 2.05) is 63.3 Å². The molecule has 1 aromatic carbocycles. The second-order valence-corrected chi connectivity index (χ2v) is 9.01. The fourth-order valence-electron chi connectivity index (χ4n) is 5.00. The molecule has 174 valence electrons. The summed E-state index contributed by atoms with van der Waals surface area (Å²) in [4.78, 5) is 41.4. The smallest absolute Gasteiger partial charge is 0.310 e. The number of benzene rings is 1. The van der Waals surface area contributed by atoms with Gasteiger partial charge in [0.2, 0.25) is 11.8 Å². The molecular formula is C25H34N2O5. The molecule has 32 heavy (non-hydrogen) atoms. The third kappa shape index (κ3) is 4.58. The van der Waals surface area contributed by atoms with Gasteiger partial charge in [0.15, 0.2) is 0 Å². The van der Waals surface area contributed by atoms with Gasteiger partial charge in [0.05, 0.1) is 31.1 Å². The van der Waals surface area contributed by atoms with Crippen LogP contribution in [0, 0.1) is 29.6 Å². The number of rotatable bonds is 8. The molecule has 1 heterocycles. The largest absolute Gasteiger partial charge is 0.466 e. The Labute approximate surface area is 189 Å². The summed E-state index contributed by atoms with van der Waals surface area (Å²) in [5, 5.41) is 13.0. The van der Waals surface area contributed by atoms with Crippen LogP contribution >= 0.6 is 0 Å². The van der Waals surface area contributed by atoms with E-state index in [1.54, 1.807) is 6.92 Å². The maximum Gasteiger partial charge on any atom is 0.310 e. The van der Waals surface area contributed by atoms with Crippen molar-refractivity contribution in [1.29, 1.82) is 0 Å². The van der Waals surface area contributed by atoms with Gasteiger partial charge in [-0.2, -0.15) is 0 Å². The number of hydrogen-bond donors (Lipinski definition) is 2. The summed E-state index contributed by atoms with van der Waals surface area (Å²) in [6.07, 6.45) is 3.80. The summed E-state index contributed by atoms with van der Waals surface area (Å²) in [7, 11) is 0. The first kappa shape index (κ1) is 24.0. The first-order chi connectivity index (χ1) is 15.3. The Bertz CT molecular complexity index is 853. The van der Waals surface area contributed by atoms with E-state index in [4.69, 9.17) is 4.74 Å². The van der Waals surface area contributed by atoms with Crippen molar-refractivity contribution in [3.63, 3.8) is 0 Å². The van der Waals surface area contributed by atoms with Gasteiger partial charge in [-0.25, -0.2) is 0 Å². The third-order valence-corrected chi connectivity index (χ3v) is 6.66. The number of esters is 1. The van der Waals surface area contributed by atoms with Gasteiger partial charge in [-0.15, -0.1) is 0 Å². The van der Waals surface area contributed by atoms with Gasteiger partial charge < -0.3 is 20.1 Å². The number of nitrogens with one attached hydrogen (secondary N) is 1. The maximum atomic E-state index is 13.7. The predicted octanol–water partition coefficient (Wildman–Crippen LogP) is 2.15. The normalized spacial score (nSPS) is 27.9. The van der Waals surface area contributed by atoms with Crippen LogP contribution in [0.1, 0.15) is 33.3 Å². The zero-order valence-electron chi connectivity index (χ0n) is 19.2. The topological polar surface area (TPSA) is 95.9 Å². The minimum absolute atomic E-state index is 0.0593. The highest BCUT2D eigenvalue weighted by molar-refractivity contribution is 5.96. The molecule has 0 bridgehead atoms. The van der Waals surface area contributed by atoms with E-state index >= 15 is 0 Å². The Hall–Kier alpha value is -2.67. The molecule has 1 aromatic rings. The monoisotopic (exact) mass is 442 g/mol. The van der Waals surface area contributed by atoms with Gasteiger partial charge >= 0.3 is 5.97 Å². The Morgan fingerprint density at radius 2 is 1.88 bits per heavy atom. The number of aliphatic hydroxyl groups is 1. The molecule has 6 atom stereocenters. The summed E-state index contributed by atoms with van der Waals surface area (Å²) < 4.78 is 5.29. The molecule has 3 rings (SSSR count). The number of ether oxygens (including phenoxy) is 1. The van der Waals surface area contributed by atoms with Gasteiger partial charge in [0.1, 0.15) is 6.04 Å². The summed E-state index contributed by atoms with van der Waals surface area (Å²) in [5.74, 6) is -3.00. The molecule has 0 aromatic heterocycles. The second kappa shape index (κ2) is 10.3. The zero-order chi connectivity index (χ0) is 23.4. The molecule has 2 amide bonds. The quantitative estimate of drug-likeness (QED) is 0.475. The molecule has 0 unspecified atom stereocenters. The lowest BCUT2D eigenvalue weighted by Gasteiger charge is -2.35. The number of hydrogen-bond acceptors (Lipinski definition) is 5.